The predicted octanol–water partition coefficient (Wildman–Crippen LogP) is 3.20. The number of allylic oxidation sites excluding steroid dienone is 2. The zero-order chi connectivity index (χ0) is 9.52. The molecule has 1 aromatic rings. The molecule has 0 aliphatic heterocycles. The molecular formula is C12H16O. The van der Waals surface area contributed by atoms with E-state index in [9.17, 15) is 0 Å². The summed E-state index contributed by atoms with van der Waals surface area (Å²) in [7, 11) is 0. The molecule has 1 rings (SSSR count). The monoisotopic (exact) mass is 176 g/mol. The van der Waals surface area contributed by atoms with Crippen LogP contribution in [0.4, 0.5) is 0 Å². The van der Waals surface area contributed by atoms with E-state index < -0.39 is 0 Å². The maximum atomic E-state index is 5.50. The van der Waals surface area contributed by atoms with Gasteiger partial charge < -0.3 is 4.74 Å². The summed E-state index contributed by atoms with van der Waals surface area (Å²) in [6, 6.07) is 8.17. The van der Waals surface area contributed by atoms with E-state index in [2.05, 4.69) is 18.2 Å². The van der Waals surface area contributed by atoms with Crippen LogP contribution in [0.5, 0.6) is 5.75 Å². The minimum atomic E-state index is 0.729. The zero-order valence-electron chi connectivity index (χ0n) is 8.29. The molecule has 0 unspecified atom stereocenters. The first-order valence-corrected chi connectivity index (χ1v) is 4.70. The lowest BCUT2D eigenvalue weighted by Crippen LogP contribution is -1.95. The lowest BCUT2D eigenvalue weighted by molar-refractivity contribution is 0.337. The van der Waals surface area contributed by atoms with Crippen LogP contribution in [0, 0.1) is 0 Å². The van der Waals surface area contributed by atoms with Crippen LogP contribution in [0.3, 0.4) is 0 Å². The summed E-state index contributed by atoms with van der Waals surface area (Å²) in [5, 5.41) is 0. The van der Waals surface area contributed by atoms with Crippen LogP contribution >= 0.6 is 0 Å². The molecule has 1 nitrogen and oxygen atoms in total. The second kappa shape index (κ2) is 5.41. The van der Waals surface area contributed by atoms with Gasteiger partial charge in [-0.3, -0.25) is 0 Å². The maximum Gasteiger partial charge on any atom is 0.122 e. The molecule has 0 heterocycles. The van der Waals surface area contributed by atoms with Gasteiger partial charge in [-0.25, -0.2) is 0 Å². The molecule has 0 spiro atoms. The van der Waals surface area contributed by atoms with Gasteiger partial charge >= 0.3 is 0 Å². The van der Waals surface area contributed by atoms with Gasteiger partial charge in [0.25, 0.3) is 0 Å². The van der Waals surface area contributed by atoms with E-state index in [1.807, 2.05) is 32.0 Å². The van der Waals surface area contributed by atoms with Crippen LogP contribution < -0.4 is 4.74 Å². The topological polar surface area (TPSA) is 9.23 Å². The molecule has 0 bridgehead atoms. The van der Waals surface area contributed by atoms with Crippen molar-refractivity contribution in [2.75, 3.05) is 6.61 Å². The molecule has 0 saturated carbocycles. The normalized spacial score (nSPS) is 10.6. The molecule has 0 radical (unpaired) electrons. The third-order valence-electron chi connectivity index (χ3n) is 1.85. The number of benzene rings is 1. The first-order chi connectivity index (χ1) is 6.38. The van der Waals surface area contributed by atoms with Crippen LogP contribution in [0.25, 0.3) is 0 Å². The molecule has 0 aliphatic rings. The van der Waals surface area contributed by atoms with Gasteiger partial charge in [0.15, 0.2) is 0 Å². The Morgan fingerprint density at radius 1 is 1.31 bits per heavy atom. The van der Waals surface area contributed by atoms with Gasteiger partial charge in [0.2, 0.25) is 0 Å². The van der Waals surface area contributed by atoms with Crippen LogP contribution in [-0.4, -0.2) is 6.61 Å². The Hall–Kier alpha value is -1.24. The quantitative estimate of drug-likeness (QED) is 0.640. The summed E-state index contributed by atoms with van der Waals surface area (Å²) in [4.78, 5) is 0. The summed E-state index contributed by atoms with van der Waals surface area (Å²) in [6.45, 7) is 4.77. The van der Waals surface area contributed by atoms with Crippen molar-refractivity contribution in [3.05, 3.63) is 42.0 Å². The molecule has 0 aliphatic carbocycles. The first-order valence-electron chi connectivity index (χ1n) is 4.70. The average molecular weight is 176 g/mol. The average Bonchev–Trinajstić information content (AvgIpc) is 2.17. The molecule has 13 heavy (non-hydrogen) atoms. The highest BCUT2D eigenvalue weighted by molar-refractivity contribution is 5.34. The Kier molecular flexibility index (Phi) is 4.10. The van der Waals surface area contributed by atoms with Crippen molar-refractivity contribution in [2.45, 2.75) is 20.3 Å². The van der Waals surface area contributed by atoms with Gasteiger partial charge in [-0.1, -0.05) is 30.4 Å². The third kappa shape index (κ3) is 2.94. The zero-order valence-corrected chi connectivity index (χ0v) is 8.29. The van der Waals surface area contributed by atoms with E-state index in [-0.39, 0.29) is 0 Å². The largest absolute Gasteiger partial charge is 0.494 e. The van der Waals surface area contributed by atoms with Gasteiger partial charge in [0, 0.05) is 0 Å². The number of hydrogen-bond acceptors (Lipinski definition) is 1. The summed E-state index contributed by atoms with van der Waals surface area (Å²) < 4.78 is 5.50. The fourth-order valence-corrected chi connectivity index (χ4v) is 1.21. The number of ether oxygens (including phenoxy) is 1. The molecule has 0 atom stereocenters. The second-order valence-electron chi connectivity index (χ2n) is 2.81. The van der Waals surface area contributed by atoms with Crippen molar-refractivity contribution >= 4 is 0 Å². The maximum absolute atomic E-state index is 5.50. The predicted molar refractivity (Wildman–Crippen MR) is 56.1 cm³/mol. The van der Waals surface area contributed by atoms with Crippen molar-refractivity contribution < 1.29 is 4.74 Å². The lowest BCUT2D eigenvalue weighted by Gasteiger charge is -2.07. The van der Waals surface area contributed by atoms with Crippen molar-refractivity contribution in [2.24, 2.45) is 0 Å². The molecule has 0 aromatic heterocycles. The SMILES string of the molecule is CC=CCc1ccccc1OCC. The summed E-state index contributed by atoms with van der Waals surface area (Å²) in [6.07, 6.45) is 5.15. The molecule has 0 saturated heterocycles. The molecule has 1 aromatic carbocycles. The van der Waals surface area contributed by atoms with Crippen molar-refractivity contribution in [3.63, 3.8) is 0 Å². The number of hydrogen-bond donors (Lipinski definition) is 0. The van der Waals surface area contributed by atoms with E-state index in [4.69, 9.17) is 4.74 Å². The molecular weight excluding hydrogens is 160 g/mol. The Bertz CT molecular complexity index is 276. The highest BCUT2D eigenvalue weighted by Gasteiger charge is 1.98. The van der Waals surface area contributed by atoms with E-state index in [1.165, 1.54) is 5.56 Å². The van der Waals surface area contributed by atoms with Crippen LogP contribution in [-0.2, 0) is 6.42 Å². The fourth-order valence-electron chi connectivity index (χ4n) is 1.21. The highest BCUT2D eigenvalue weighted by atomic mass is 16.5. The number of para-hydroxylation sites is 1. The summed E-state index contributed by atoms with van der Waals surface area (Å²) in [5.41, 5.74) is 1.25. The summed E-state index contributed by atoms with van der Waals surface area (Å²) >= 11 is 0. The molecule has 0 amide bonds. The second-order valence-corrected chi connectivity index (χ2v) is 2.81. The molecule has 1 heteroatoms. The van der Waals surface area contributed by atoms with Crippen molar-refractivity contribution in [1.29, 1.82) is 0 Å². The Morgan fingerprint density at radius 3 is 2.77 bits per heavy atom. The Labute approximate surface area is 80.0 Å². The van der Waals surface area contributed by atoms with E-state index in [1.54, 1.807) is 0 Å². The fraction of sp³-hybridized carbons (Fsp3) is 0.333. The van der Waals surface area contributed by atoms with Crippen molar-refractivity contribution in [3.8, 4) is 5.75 Å². The minimum Gasteiger partial charge on any atom is -0.494 e. The highest BCUT2D eigenvalue weighted by Crippen LogP contribution is 2.18. The van der Waals surface area contributed by atoms with Gasteiger partial charge in [0.05, 0.1) is 6.61 Å². The molecule has 0 fully saturated rings. The number of rotatable bonds is 4. The third-order valence-corrected chi connectivity index (χ3v) is 1.85. The first kappa shape index (κ1) is 9.85. The Balaban J connectivity index is 2.77. The summed E-state index contributed by atoms with van der Waals surface area (Å²) in [5.74, 6) is 1.00. The van der Waals surface area contributed by atoms with E-state index in [0.717, 1.165) is 18.8 Å². The van der Waals surface area contributed by atoms with E-state index >= 15 is 0 Å². The lowest BCUT2D eigenvalue weighted by atomic mass is 10.1. The Morgan fingerprint density at radius 2 is 2.08 bits per heavy atom. The van der Waals surface area contributed by atoms with Crippen molar-refractivity contribution in [1.82, 2.24) is 0 Å². The van der Waals surface area contributed by atoms with Gasteiger partial charge in [-0.05, 0) is 31.9 Å². The smallest absolute Gasteiger partial charge is 0.122 e. The van der Waals surface area contributed by atoms with Crippen LogP contribution in [0.1, 0.15) is 19.4 Å². The van der Waals surface area contributed by atoms with Gasteiger partial charge in [-0.2, -0.15) is 0 Å². The van der Waals surface area contributed by atoms with Gasteiger partial charge in [0.1, 0.15) is 5.75 Å². The van der Waals surface area contributed by atoms with Crippen LogP contribution in [0.15, 0.2) is 36.4 Å². The van der Waals surface area contributed by atoms with Gasteiger partial charge in [-0.15, -0.1) is 0 Å². The standard InChI is InChI=1S/C12H16O/c1-3-5-8-11-9-6-7-10-12(11)13-4-2/h3,5-7,9-10H,4,8H2,1-2H3. The van der Waals surface area contributed by atoms with E-state index in [0.29, 0.717) is 0 Å². The van der Waals surface area contributed by atoms with Crippen LogP contribution in [0.2, 0.25) is 0 Å². The molecule has 0 N–H and O–H groups in total. The minimum absolute atomic E-state index is 0.729. The molecule has 70 valence electrons.